The van der Waals surface area contributed by atoms with E-state index in [1.807, 2.05) is 38.1 Å². The maximum atomic E-state index is 12.6. The molecule has 143 valence electrons. The number of anilines is 1. The number of carbonyl (C=O) groups excluding carboxylic acids is 1. The molecule has 0 bridgehead atoms. The van der Waals surface area contributed by atoms with E-state index >= 15 is 0 Å². The first kappa shape index (κ1) is 23.1. The normalized spacial score (nSPS) is 20.8. The van der Waals surface area contributed by atoms with Gasteiger partial charge >= 0.3 is 0 Å². The van der Waals surface area contributed by atoms with E-state index in [-0.39, 0.29) is 54.1 Å². The fourth-order valence-electron chi connectivity index (χ4n) is 2.74. The van der Waals surface area contributed by atoms with Crippen molar-refractivity contribution in [3.8, 4) is 0 Å². The minimum absolute atomic E-state index is 0. The van der Waals surface area contributed by atoms with Crippen LogP contribution >= 0.6 is 27.7 Å². The molecule has 5 nitrogen and oxygen atoms in total. The van der Waals surface area contributed by atoms with Crippen molar-refractivity contribution in [2.75, 3.05) is 11.5 Å². The first-order chi connectivity index (χ1) is 12.5. The van der Waals surface area contributed by atoms with Crippen molar-refractivity contribution in [1.29, 1.82) is 0 Å². The fourth-order valence-corrected chi connectivity index (χ4v) is 4.74. The Bertz CT molecular complexity index is 726. The Balaban J connectivity index is 0.00000261. The summed E-state index contributed by atoms with van der Waals surface area (Å²) < 4.78 is 10.6. The van der Waals surface area contributed by atoms with Gasteiger partial charge in [-0.15, -0.1) is 17.8 Å². The third-order valence-electron chi connectivity index (χ3n) is 4.17. The van der Waals surface area contributed by atoms with E-state index in [0.717, 1.165) is 11.3 Å². The van der Waals surface area contributed by atoms with Crippen LogP contribution in [0.3, 0.4) is 0 Å². The number of halogens is 1. The van der Waals surface area contributed by atoms with Gasteiger partial charge in [-0.1, -0.05) is 41.9 Å². The van der Waals surface area contributed by atoms with E-state index in [4.69, 9.17) is 9.15 Å². The second-order valence-electron chi connectivity index (χ2n) is 6.43. The number of carbonyl (C=O) groups is 1. The number of amides is 1. The standard InChI is InChI=1S/C19H21BrNO4S.Y/c1-12(2)17(22)13-5-7-14(8-6-13)21-16(26-18(20)19(21)23)11-24-10-15-4-3-9-25-15;/h3-8,12,16-18,22H,10-11H2,1-2H3;/q-1;. The molecule has 1 N–H and O–H groups in total. The summed E-state index contributed by atoms with van der Waals surface area (Å²) in [6.45, 7) is 4.67. The Morgan fingerprint density at radius 3 is 2.63 bits per heavy atom. The number of hydrogen-bond acceptors (Lipinski definition) is 5. The number of nitrogens with zero attached hydrogens (tertiary/aromatic N) is 1. The number of alkyl halides is 1. The van der Waals surface area contributed by atoms with Gasteiger partial charge in [-0.25, -0.2) is 0 Å². The Labute approximate surface area is 197 Å². The molecule has 1 saturated heterocycles. The van der Waals surface area contributed by atoms with Crippen molar-refractivity contribution in [3.05, 3.63) is 54.0 Å². The quantitative estimate of drug-likeness (QED) is 0.433. The summed E-state index contributed by atoms with van der Waals surface area (Å²) in [6.07, 6.45) is 2.11. The first-order valence-corrected chi connectivity index (χ1v) is 10.3. The SMILES string of the molecule is CC(C)C(O)c1ccc(N2C(=O)C(Br)SC2COCc2cc[c-]o2)cc1.[Y]. The summed E-state index contributed by atoms with van der Waals surface area (Å²) in [5.74, 6) is 0.831. The molecule has 1 amide bonds. The van der Waals surface area contributed by atoms with Gasteiger partial charge in [0.2, 0.25) is 0 Å². The molecule has 1 fully saturated rings. The van der Waals surface area contributed by atoms with Crippen LogP contribution in [-0.2, 0) is 48.8 Å². The van der Waals surface area contributed by atoms with E-state index in [9.17, 15) is 9.90 Å². The molecule has 1 aromatic carbocycles. The number of thioether (sulfide) groups is 1. The second-order valence-corrected chi connectivity index (χ2v) is 9.24. The minimum atomic E-state index is -0.513. The van der Waals surface area contributed by atoms with Crippen LogP contribution in [0.4, 0.5) is 5.69 Å². The van der Waals surface area contributed by atoms with Gasteiger partial charge in [0, 0.05) is 45.0 Å². The van der Waals surface area contributed by atoms with Gasteiger partial charge in [0.05, 0.1) is 12.7 Å². The van der Waals surface area contributed by atoms with Crippen LogP contribution in [0.1, 0.15) is 31.3 Å². The predicted octanol–water partition coefficient (Wildman–Crippen LogP) is 4.11. The van der Waals surface area contributed by atoms with Crippen LogP contribution in [0, 0.1) is 12.2 Å². The Hall–Kier alpha value is -0.176. The monoisotopic (exact) mass is 527 g/mol. The van der Waals surface area contributed by atoms with Crippen LogP contribution in [0.2, 0.25) is 0 Å². The summed E-state index contributed by atoms with van der Waals surface area (Å²) >= 11 is 4.93. The van der Waals surface area contributed by atoms with Crippen molar-refractivity contribution in [3.63, 3.8) is 0 Å². The molecule has 1 aliphatic rings. The summed E-state index contributed by atoms with van der Waals surface area (Å²) in [5.41, 5.74) is 1.64. The predicted molar refractivity (Wildman–Crippen MR) is 105 cm³/mol. The third-order valence-corrected chi connectivity index (χ3v) is 6.31. The molecule has 0 saturated carbocycles. The molecule has 2 aromatic rings. The van der Waals surface area contributed by atoms with Gasteiger partial charge < -0.3 is 14.3 Å². The summed E-state index contributed by atoms with van der Waals surface area (Å²) in [7, 11) is 0. The zero-order chi connectivity index (χ0) is 18.7. The van der Waals surface area contributed by atoms with Crippen molar-refractivity contribution < 1.29 is 51.8 Å². The number of hydrogen-bond donors (Lipinski definition) is 1. The Kier molecular flexibility index (Phi) is 9.04. The van der Waals surface area contributed by atoms with Crippen molar-refractivity contribution in [2.45, 2.75) is 36.1 Å². The summed E-state index contributed by atoms with van der Waals surface area (Å²) in [5, 5.41) is 10.1. The average molecular weight is 528 g/mol. The van der Waals surface area contributed by atoms with Gasteiger partial charge in [-0.3, -0.25) is 9.69 Å². The zero-order valence-electron chi connectivity index (χ0n) is 15.2. The van der Waals surface area contributed by atoms with E-state index in [1.165, 1.54) is 11.8 Å². The fraction of sp³-hybridized carbons (Fsp3) is 0.421. The van der Waals surface area contributed by atoms with Crippen LogP contribution in [-0.4, -0.2) is 27.2 Å². The molecule has 0 spiro atoms. The van der Waals surface area contributed by atoms with Crippen LogP contribution < -0.4 is 4.90 Å². The van der Waals surface area contributed by atoms with Gasteiger partial charge in [0.25, 0.3) is 5.91 Å². The molecule has 27 heavy (non-hydrogen) atoms. The first-order valence-electron chi connectivity index (χ1n) is 8.40. The van der Waals surface area contributed by atoms with Crippen molar-refractivity contribution in [2.24, 2.45) is 5.92 Å². The van der Waals surface area contributed by atoms with Gasteiger partial charge in [0.1, 0.15) is 9.53 Å². The van der Waals surface area contributed by atoms with E-state index < -0.39 is 6.10 Å². The van der Waals surface area contributed by atoms with E-state index in [0.29, 0.717) is 19.0 Å². The van der Waals surface area contributed by atoms with Gasteiger partial charge in [-0.05, 0) is 35.6 Å². The smallest absolute Gasteiger partial charge is 0.252 e. The molecule has 3 unspecified atom stereocenters. The van der Waals surface area contributed by atoms with Crippen LogP contribution in [0.5, 0.6) is 0 Å². The van der Waals surface area contributed by atoms with Crippen molar-refractivity contribution >= 4 is 39.3 Å². The van der Waals surface area contributed by atoms with Crippen molar-refractivity contribution in [1.82, 2.24) is 0 Å². The molecular weight excluding hydrogens is 507 g/mol. The Morgan fingerprint density at radius 2 is 2.04 bits per heavy atom. The summed E-state index contributed by atoms with van der Waals surface area (Å²) in [6, 6.07) is 11.0. The maximum absolute atomic E-state index is 12.6. The number of aliphatic hydroxyl groups excluding tert-OH is 1. The number of rotatable bonds is 7. The number of furan rings is 1. The molecule has 3 atom stereocenters. The molecule has 1 radical (unpaired) electrons. The second kappa shape index (κ2) is 10.6. The van der Waals surface area contributed by atoms with Gasteiger partial charge in [-0.2, -0.15) is 6.07 Å². The molecule has 3 rings (SSSR count). The topological polar surface area (TPSA) is 62.9 Å². The minimum Gasteiger partial charge on any atom is -0.593 e. The number of ether oxygens (including phenoxy) is 1. The molecule has 2 heterocycles. The Morgan fingerprint density at radius 1 is 1.33 bits per heavy atom. The number of benzene rings is 1. The molecule has 0 aliphatic carbocycles. The van der Waals surface area contributed by atoms with E-state index in [1.54, 1.807) is 17.0 Å². The van der Waals surface area contributed by atoms with Gasteiger partial charge in [0.15, 0.2) is 0 Å². The molecule has 1 aliphatic heterocycles. The zero-order valence-corrected chi connectivity index (χ0v) is 20.4. The maximum Gasteiger partial charge on any atom is 0.252 e. The van der Waals surface area contributed by atoms with Crippen LogP contribution in [0.15, 0.2) is 40.8 Å². The molecule has 8 heteroatoms. The van der Waals surface area contributed by atoms with Crippen LogP contribution in [0.25, 0.3) is 0 Å². The summed E-state index contributed by atoms with van der Waals surface area (Å²) in [4.78, 5) is 14.3. The average Bonchev–Trinajstić information content (AvgIpc) is 3.23. The number of aliphatic hydroxyl groups is 1. The molecule has 1 aromatic heterocycles. The molecular formula is C19H21BrNO4SY-. The third kappa shape index (κ3) is 5.67. The van der Waals surface area contributed by atoms with E-state index in [2.05, 4.69) is 22.2 Å². The largest absolute Gasteiger partial charge is 0.593 e.